The highest BCUT2D eigenvalue weighted by Gasteiger charge is 2.24. The molecule has 3 nitrogen and oxygen atoms in total. The summed E-state index contributed by atoms with van der Waals surface area (Å²) in [6.45, 7) is 0. The van der Waals surface area contributed by atoms with Crippen molar-refractivity contribution in [2.45, 2.75) is 11.5 Å². The molecule has 0 aromatic heterocycles. The first kappa shape index (κ1) is 10.0. The number of carbonyl (C=O) groups is 1. The van der Waals surface area contributed by atoms with Crippen molar-refractivity contribution in [1.29, 1.82) is 0 Å². The molecule has 0 fully saturated rings. The van der Waals surface area contributed by atoms with Gasteiger partial charge >= 0.3 is 5.97 Å². The second-order valence-corrected chi connectivity index (χ2v) is 3.07. The molecule has 2 atom stereocenters. The molecular weight excluding hydrogens is 192 g/mol. The van der Waals surface area contributed by atoms with Gasteiger partial charge in [-0.1, -0.05) is 30.3 Å². The Hall–Kier alpha value is -1.06. The van der Waals surface area contributed by atoms with E-state index in [0.717, 1.165) is 0 Å². The highest BCUT2D eigenvalue weighted by atomic mass is 35.5. The van der Waals surface area contributed by atoms with Gasteiger partial charge in [0.25, 0.3) is 0 Å². The molecule has 0 unspecified atom stereocenters. The zero-order valence-corrected chi connectivity index (χ0v) is 7.48. The summed E-state index contributed by atoms with van der Waals surface area (Å²) in [4.78, 5) is 10.4. The average molecular weight is 201 g/mol. The molecule has 2 N–H and O–H groups in total. The maximum absolute atomic E-state index is 10.4. The number of aliphatic carboxylic acids is 1. The second-order valence-electron chi connectivity index (χ2n) is 2.60. The predicted molar refractivity (Wildman–Crippen MR) is 48.7 cm³/mol. The number of benzene rings is 1. The van der Waals surface area contributed by atoms with E-state index in [1.54, 1.807) is 30.3 Å². The molecule has 0 aliphatic rings. The highest BCUT2D eigenvalue weighted by molar-refractivity contribution is 6.30. The molecule has 0 aliphatic carbocycles. The maximum Gasteiger partial charge on any atom is 0.324 e. The fraction of sp³-hybridized carbons (Fsp3) is 0.222. The molecule has 0 radical (unpaired) electrons. The van der Waals surface area contributed by atoms with Crippen LogP contribution in [0.25, 0.3) is 0 Å². The smallest absolute Gasteiger partial charge is 0.324 e. The van der Waals surface area contributed by atoms with Crippen LogP contribution in [0, 0.1) is 0 Å². The predicted octanol–water partition coefficient (Wildman–Crippen LogP) is 1.41. The number of halogens is 1. The first-order chi connectivity index (χ1) is 6.13. The van der Waals surface area contributed by atoms with E-state index in [2.05, 4.69) is 0 Å². The molecule has 0 spiro atoms. The van der Waals surface area contributed by atoms with Gasteiger partial charge in [-0.2, -0.15) is 0 Å². The van der Waals surface area contributed by atoms with E-state index in [0.29, 0.717) is 5.56 Å². The third-order valence-electron chi connectivity index (χ3n) is 1.65. The van der Waals surface area contributed by atoms with Crippen LogP contribution in [0.5, 0.6) is 0 Å². The largest absolute Gasteiger partial charge is 0.480 e. The van der Waals surface area contributed by atoms with E-state index < -0.39 is 17.5 Å². The van der Waals surface area contributed by atoms with Crippen molar-refractivity contribution in [2.24, 2.45) is 0 Å². The van der Waals surface area contributed by atoms with Crippen LogP contribution < -0.4 is 0 Å². The standard InChI is InChI=1S/C9H9ClO3/c10-7(9(12)13)8(11)6-4-2-1-3-5-6/h1-5,7-8,11H,(H,12,13)/t7-,8+/m1/s1. The lowest BCUT2D eigenvalue weighted by Crippen LogP contribution is -2.21. The van der Waals surface area contributed by atoms with Crippen LogP contribution in [-0.4, -0.2) is 21.6 Å². The summed E-state index contributed by atoms with van der Waals surface area (Å²) >= 11 is 5.45. The number of hydrogen-bond acceptors (Lipinski definition) is 2. The van der Waals surface area contributed by atoms with Crippen LogP contribution in [0.15, 0.2) is 30.3 Å². The molecule has 0 amide bonds. The normalized spacial score (nSPS) is 14.9. The van der Waals surface area contributed by atoms with Gasteiger partial charge in [0.1, 0.15) is 6.10 Å². The summed E-state index contributed by atoms with van der Waals surface area (Å²) in [5, 5.41) is 16.7. The summed E-state index contributed by atoms with van der Waals surface area (Å²) in [7, 11) is 0. The Morgan fingerprint density at radius 1 is 1.31 bits per heavy atom. The summed E-state index contributed by atoms with van der Waals surface area (Å²) in [6, 6.07) is 8.46. The van der Waals surface area contributed by atoms with Crippen LogP contribution >= 0.6 is 11.6 Å². The van der Waals surface area contributed by atoms with Gasteiger partial charge in [-0.05, 0) is 5.56 Å². The van der Waals surface area contributed by atoms with Gasteiger partial charge in [0.15, 0.2) is 5.38 Å². The minimum Gasteiger partial charge on any atom is -0.480 e. The van der Waals surface area contributed by atoms with Crippen molar-refractivity contribution >= 4 is 17.6 Å². The Bertz CT molecular complexity index is 286. The topological polar surface area (TPSA) is 57.5 Å². The molecule has 0 bridgehead atoms. The zero-order valence-electron chi connectivity index (χ0n) is 6.72. The van der Waals surface area contributed by atoms with Gasteiger partial charge in [0, 0.05) is 0 Å². The first-order valence-corrected chi connectivity index (χ1v) is 4.16. The Morgan fingerprint density at radius 2 is 1.85 bits per heavy atom. The summed E-state index contributed by atoms with van der Waals surface area (Å²) in [5.74, 6) is -1.22. The van der Waals surface area contributed by atoms with Crippen LogP contribution in [0.2, 0.25) is 0 Å². The maximum atomic E-state index is 10.4. The molecule has 0 aliphatic heterocycles. The number of aliphatic hydroxyl groups excluding tert-OH is 1. The average Bonchev–Trinajstić information content (AvgIpc) is 2.17. The molecule has 1 rings (SSSR count). The molecule has 0 saturated heterocycles. The Morgan fingerprint density at radius 3 is 2.31 bits per heavy atom. The van der Waals surface area contributed by atoms with Gasteiger partial charge in [-0.15, -0.1) is 11.6 Å². The number of aliphatic hydroxyl groups is 1. The second kappa shape index (κ2) is 4.25. The number of carboxylic acid groups (broad SMARTS) is 1. The first-order valence-electron chi connectivity index (χ1n) is 3.73. The van der Waals surface area contributed by atoms with Crippen LogP contribution in [0.4, 0.5) is 0 Å². The number of hydrogen-bond donors (Lipinski definition) is 2. The van der Waals surface area contributed by atoms with Crippen molar-refractivity contribution in [1.82, 2.24) is 0 Å². The fourth-order valence-corrected chi connectivity index (χ4v) is 1.10. The molecule has 1 aromatic rings. The lowest BCUT2D eigenvalue weighted by atomic mass is 10.1. The van der Waals surface area contributed by atoms with Crippen molar-refractivity contribution in [2.75, 3.05) is 0 Å². The van der Waals surface area contributed by atoms with E-state index in [1.165, 1.54) is 0 Å². The van der Waals surface area contributed by atoms with Gasteiger partial charge in [-0.3, -0.25) is 4.79 Å². The summed E-state index contributed by atoms with van der Waals surface area (Å²) < 4.78 is 0. The van der Waals surface area contributed by atoms with E-state index in [1.807, 2.05) is 0 Å². The minimum atomic E-state index is -1.30. The molecule has 13 heavy (non-hydrogen) atoms. The number of rotatable bonds is 3. The van der Waals surface area contributed by atoms with Crippen LogP contribution in [0.1, 0.15) is 11.7 Å². The molecule has 0 saturated carbocycles. The van der Waals surface area contributed by atoms with Crippen LogP contribution in [-0.2, 0) is 4.79 Å². The van der Waals surface area contributed by atoms with Gasteiger partial charge in [0.05, 0.1) is 0 Å². The van der Waals surface area contributed by atoms with Gasteiger partial charge < -0.3 is 10.2 Å². The van der Waals surface area contributed by atoms with Crippen LogP contribution in [0.3, 0.4) is 0 Å². The highest BCUT2D eigenvalue weighted by Crippen LogP contribution is 2.20. The SMILES string of the molecule is O=C(O)[C@H](Cl)[C@@H](O)c1ccccc1. The Labute approximate surface area is 80.6 Å². The molecule has 1 aromatic carbocycles. The molecule has 0 heterocycles. The van der Waals surface area contributed by atoms with E-state index >= 15 is 0 Å². The van der Waals surface area contributed by atoms with Gasteiger partial charge in [0.2, 0.25) is 0 Å². The van der Waals surface area contributed by atoms with E-state index in [4.69, 9.17) is 16.7 Å². The van der Waals surface area contributed by atoms with Gasteiger partial charge in [-0.25, -0.2) is 0 Å². The van der Waals surface area contributed by atoms with Crippen molar-refractivity contribution in [3.05, 3.63) is 35.9 Å². The molecule has 4 heteroatoms. The molecular formula is C9H9ClO3. The lowest BCUT2D eigenvalue weighted by molar-refractivity contribution is -0.138. The fourth-order valence-electron chi connectivity index (χ4n) is 0.954. The van der Waals surface area contributed by atoms with E-state index in [-0.39, 0.29) is 0 Å². The zero-order chi connectivity index (χ0) is 9.84. The Kier molecular flexibility index (Phi) is 3.28. The quantitative estimate of drug-likeness (QED) is 0.726. The van der Waals surface area contributed by atoms with Crippen molar-refractivity contribution in [3.63, 3.8) is 0 Å². The molecule has 70 valence electrons. The van der Waals surface area contributed by atoms with Crippen molar-refractivity contribution in [3.8, 4) is 0 Å². The van der Waals surface area contributed by atoms with E-state index in [9.17, 15) is 9.90 Å². The lowest BCUT2D eigenvalue weighted by Gasteiger charge is -2.12. The third-order valence-corrected chi connectivity index (χ3v) is 2.08. The number of alkyl halides is 1. The monoisotopic (exact) mass is 200 g/mol. The summed E-state index contributed by atoms with van der Waals surface area (Å²) in [5.41, 5.74) is 0.505. The Balaban J connectivity index is 2.79. The minimum absolute atomic E-state index is 0.505. The number of carboxylic acids is 1. The summed E-state index contributed by atoms with van der Waals surface area (Å²) in [6.07, 6.45) is -1.17. The third kappa shape index (κ3) is 2.44. The van der Waals surface area contributed by atoms with Crippen molar-refractivity contribution < 1.29 is 15.0 Å².